The molecule has 0 saturated carbocycles. The molecule has 0 amide bonds. The molecule has 21 heavy (non-hydrogen) atoms. The smallest absolute Gasteiger partial charge is 0.283 e. The first kappa shape index (κ1) is 15.7. The van der Waals surface area contributed by atoms with Crippen LogP contribution in [0.5, 0.6) is 0 Å². The lowest BCUT2D eigenvalue weighted by atomic mass is 10.2. The molecular formula is C15H19BrN4O. The minimum Gasteiger partial charge on any atom is -0.382 e. The second-order valence-electron chi connectivity index (χ2n) is 5.29. The Morgan fingerprint density at radius 3 is 2.86 bits per heavy atom. The van der Waals surface area contributed by atoms with E-state index in [1.54, 1.807) is 12.4 Å². The van der Waals surface area contributed by atoms with Gasteiger partial charge in [-0.15, -0.1) is 0 Å². The minimum absolute atomic E-state index is 0.102. The first-order valence-corrected chi connectivity index (χ1v) is 7.75. The fourth-order valence-corrected chi connectivity index (χ4v) is 2.40. The van der Waals surface area contributed by atoms with Crippen molar-refractivity contribution in [1.82, 2.24) is 14.8 Å². The first-order valence-electron chi connectivity index (χ1n) is 6.96. The van der Waals surface area contributed by atoms with Gasteiger partial charge in [-0.1, -0.05) is 19.9 Å². The molecule has 2 rings (SSSR count). The number of anilines is 1. The van der Waals surface area contributed by atoms with Crippen LogP contribution >= 0.6 is 15.9 Å². The molecule has 0 atom stereocenters. The van der Waals surface area contributed by atoms with Crippen molar-refractivity contribution in [2.24, 2.45) is 5.92 Å². The van der Waals surface area contributed by atoms with E-state index >= 15 is 0 Å². The van der Waals surface area contributed by atoms with Gasteiger partial charge in [0.05, 0.1) is 11.9 Å². The summed E-state index contributed by atoms with van der Waals surface area (Å²) in [5.41, 5.74) is 1.78. The van der Waals surface area contributed by atoms with Gasteiger partial charge in [0.15, 0.2) is 0 Å². The highest BCUT2D eigenvalue weighted by molar-refractivity contribution is 9.10. The van der Waals surface area contributed by atoms with Crippen LogP contribution in [0.4, 0.5) is 5.69 Å². The van der Waals surface area contributed by atoms with Gasteiger partial charge in [-0.25, -0.2) is 4.68 Å². The monoisotopic (exact) mass is 350 g/mol. The molecule has 6 heteroatoms. The number of nitrogens with zero attached hydrogens (tertiary/aromatic N) is 3. The zero-order chi connectivity index (χ0) is 15.2. The molecule has 0 fully saturated rings. The second-order valence-corrected chi connectivity index (χ2v) is 6.08. The predicted octanol–water partition coefficient (Wildman–Crippen LogP) is 2.71. The zero-order valence-electron chi connectivity index (χ0n) is 12.2. The van der Waals surface area contributed by atoms with Crippen molar-refractivity contribution in [3.8, 4) is 0 Å². The van der Waals surface area contributed by atoms with Gasteiger partial charge in [0.25, 0.3) is 5.56 Å². The zero-order valence-corrected chi connectivity index (χ0v) is 13.8. The highest BCUT2D eigenvalue weighted by Crippen LogP contribution is 2.16. The van der Waals surface area contributed by atoms with E-state index in [1.807, 2.05) is 18.3 Å². The van der Waals surface area contributed by atoms with Gasteiger partial charge in [-0.05, 0) is 39.9 Å². The summed E-state index contributed by atoms with van der Waals surface area (Å²) in [4.78, 5) is 16.2. The molecule has 5 nitrogen and oxygen atoms in total. The minimum atomic E-state index is -0.102. The standard InChI is InChI=1S/C15H19BrN4O/c1-11(2)10-20-15(21)14(16)13(9-19-20)18-7-5-12-4-3-6-17-8-12/h3-4,6,8-9,11,18H,5,7,10H2,1-2H3. The van der Waals surface area contributed by atoms with E-state index in [1.165, 1.54) is 4.68 Å². The third-order valence-corrected chi connectivity index (χ3v) is 3.74. The van der Waals surface area contributed by atoms with Crippen LogP contribution in [0, 0.1) is 5.92 Å². The lowest BCUT2D eigenvalue weighted by Crippen LogP contribution is -2.26. The van der Waals surface area contributed by atoms with E-state index in [-0.39, 0.29) is 5.56 Å². The molecule has 0 bridgehead atoms. The second kappa shape index (κ2) is 7.36. The van der Waals surface area contributed by atoms with Crippen LogP contribution in [0.1, 0.15) is 19.4 Å². The van der Waals surface area contributed by atoms with Crippen molar-refractivity contribution in [3.63, 3.8) is 0 Å². The Hall–Kier alpha value is -1.69. The molecule has 112 valence electrons. The molecule has 0 unspecified atom stereocenters. The van der Waals surface area contributed by atoms with Crippen LogP contribution in [-0.2, 0) is 13.0 Å². The lowest BCUT2D eigenvalue weighted by Gasteiger charge is -2.11. The molecule has 1 N–H and O–H groups in total. The van der Waals surface area contributed by atoms with Gasteiger partial charge in [-0.3, -0.25) is 9.78 Å². The van der Waals surface area contributed by atoms with Crippen LogP contribution < -0.4 is 10.9 Å². The Kier molecular flexibility index (Phi) is 5.50. The number of rotatable bonds is 6. The van der Waals surface area contributed by atoms with E-state index in [0.717, 1.165) is 24.2 Å². The Balaban J connectivity index is 2.01. The molecular weight excluding hydrogens is 332 g/mol. The average Bonchev–Trinajstić information content (AvgIpc) is 2.47. The molecule has 0 aliphatic heterocycles. The molecule has 0 aromatic carbocycles. The van der Waals surface area contributed by atoms with Crippen LogP contribution in [0.3, 0.4) is 0 Å². The van der Waals surface area contributed by atoms with Crippen LogP contribution in [0.15, 0.2) is 40.0 Å². The van der Waals surface area contributed by atoms with Crippen molar-refractivity contribution < 1.29 is 0 Å². The number of halogens is 1. The molecule has 2 aromatic rings. The maximum absolute atomic E-state index is 12.2. The van der Waals surface area contributed by atoms with E-state index in [2.05, 4.69) is 45.2 Å². The topological polar surface area (TPSA) is 59.8 Å². The normalized spacial score (nSPS) is 10.9. The summed E-state index contributed by atoms with van der Waals surface area (Å²) in [5.74, 6) is 0.381. The van der Waals surface area contributed by atoms with Gasteiger partial charge in [-0.2, -0.15) is 5.10 Å². The number of aromatic nitrogens is 3. The SMILES string of the molecule is CC(C)Cn1ncc(NCCc2cccnc2)c(Br)c1=O. The maximum atomic E-state index is 12.2. The molecule has 0 aliphatic carbocycles. The molecule has 0 radical (unpaired) electrons. The van der Waals surface area contributed by atoms with Crippen molar-refractivity contribution in [2.45, 2.75) is 26.8 Å². The van der Waals surface area contributed by atoms with Crippen LogP contribution in [0.2, 0.25) is 0 Å². The number of hydrogen-bond acceptors (Lipinski definition) is 4. The van der Waals surface area contributed by atoms with Gasteiger partial charge >= 0.3 is 0 Å². The fourth-order valence-electron chi connectivity index (χ4n) is 1.95. The van der Waals surface area contributed by atoms with Crippen molar-refractivity contribution in [3.05, 3.63) is 51.1 Å². The van der Waals surface area contributed by atoms with Crippen molar-refractivity contribution in [2.75, 3.05) is 11.9 Å². The number of pyridine rings is 1. The molecule has 2 heterocycles. The van der Waals surface area contributed by atoms with E-state index in [4.69, 9.17) is 0 Å². The fraction of sp³-hybridized carbons (Fsp3) is 0.400. The lowest BCUT2D eigenvalue weighted by molar-refractivity contribution is 0.462. The predicted molar refractivity (Wildman–Crippen MR) is 87.5 cm³/mol. The number of nitrogens with one attached hydrogen (secondary N) is 1. The Morgan fingerprint density at radius 1 is 1.38 bits per heavy atom. The quantitative estimate of drug-likeness (QED) is 0.869. The number of hydrogen-bond donors (Lipinski definition) is 1. The van der Waals surface area contributed by atoms with Crippen molar-refractivity contribution >= 4 is 21.6 Å². The van der Waals surface area contributed by atoms with Gasteiger partial charge < -0.3 is 5.32 Å². The summed E-state index contributed by atoms with van der Waals surface area (Å²) >= 11 is 3.36. The average molecular weight is 351 g/mol. The molecule has 0 saturated heterocycles. The van der Waals surface area contributed by atoms with Gasteiger partial charge in [0.2, 0.25) is 0 Å². The highest BCUT2D eigenvalue weighted by Gasteiger charge is 2.09. The maximum Gasteiger partial charge on any atom is 0.283 e. The Labute approximate surface area is 132 Å². The first-order chi connectivity index (χ1) is 10.1. The Bertz CT molecular complexity index is 640. The van der Waals surface area contributed by atoms with Crippen molar-refractivity contribution in [1.29, 1.82) is 0 Å². The molecule has 0 spiro atoms. The third kappa shape index (κ3) is 4.39. The van der Waals surface area contributed by atoms with E-state index in [0.29, 0.717) is 16.9 Å². The third-order valence-electron chi connectivity index (χ3n) is 2.97. The molecule has 0 aliphatic rings. The van der Waals surface area contributed by atoms with E-state index in [9.17, 15) is 4.79 Å². The largest absolute Gasteiger partial charge is 0.382 e. The summed E-state index contributed by atoms with van der Waals surface area (Å²) in [5, 5.41) is 7.44. The van der Waals surface area contributed by atoms with E-state index < -0.39 is 0 Å². The summed E-state index contributed by atoms with van der Waals surface area (Å²) in [7, 11) is 0. The highest BCUT2D eigenvalue weighted by atomic mass is 79.9. The summed E-state index contributed by atoms with van der Waals surface area (Å²) in [6, 6.07) is 3.95. The summed E-state index contributed by atoms with van der Waals surface area (Å²) < 4.78 is 2.02. The van der Waals surface area contributed by atoms with Crippen LogP contribution in [0.25, 0.3) is 0 Å². The molecule has 2 aromatic heterocycles. The van der Waals surface area contributed by atoms with Gasteiger partial charge in [0, 0.05) is 25.5 Å². The van der Waals surface area contributed by atoms with Gasteiger partial charge in [0.1, 0.15) is 4.47 Å². The summed E-state index contributed by atoms with van der Waals surface area (Å²) in [6.07, 6.45) is 6.13. The Morgan fingerprint density at radius 2 is 2.19 bits per heavy atom. The summed E-state index contributed by atoms with van der Waals surface area (Å²) in [6.45, 7) is 5.46. The van der Waals surface area contributed by atoms with Crippen LogP contribution in [-0.4, -0.2) is 21.3 Å².